The summed E-state index contributed by atoms with van der Waals surface area (Å²) in [6.07, 6.45) is 6.59. The number of fused-ring (bicyclic) bond motifs is 2. The van der Waals surface area contributed by atoms with Gasteiger partial charge in [0, 0.05) is 12.5 Å². The van der Waals surface area contributed by atoms with Crippen molar-refractivity contribution in [2.45, 2.75) is 51.6 Å². The molecule has 1 saturated heterocycles. The maximum Gasteiger partial charge on any atom is 0.310 e. The van der Waals surface area contributed by atoms with Crippen molar-refractivity contribution in [1.82, 2.24) is 5.32 Å². The van der Waals surface area contributed by atoms with E-state index >= 15 is 0 Å². The van der Waals surface area contributed by atoms with Crippen molar-refractivity contribution in [2.24, 2.45) is 23.2 Å². The van der Waals surface area contributed by atoms with E-state index in [2.05, 4.69) is 24.9 Å². The first kappa shape index (κ1) is 21.2. The lowest BCUT2D eigenvalue weighted by Gasteiger charge is -2.50. The first-order valence-electron chi connectivity index (χ1n) is 11.2. The SMILES string of the molecule is C=C1CCC[C@]2(C)C[C@H]3OC(=O)[C@@H](CNCCc4ccc(OC)c(OC)c4)[C@H]3C[C@H]12. The van der Waals surface area contributed by atoms with Crippen molar-refractivity contribution in [3.63, 3.8) is 0 Å². The topological polar surface area (TPSA) is 56.8 Å². The third kappa shape index (κ3) is 3.96. The van der Waals surface area contributed by atoms with Gasteiger partial charge in [0.15, 0.2) is 11.5 Å². The van der Waals surface area contributed by atoms with Crippen molar-refractivity contribution < 1.29 is 19.0 Å². The molecule has 0 amide bonds. The molecule has 2 aliphatic carbocycles. The Labute approximate surface area is 180 Å². The molecule has 5 nitrogen and oxygen atoms in total. The molecule has 30 heavy (non-hydrogen) atoms. The number of benzene rings is 1. The summed E-state index contributed by atoms with van der Waals surface area (Å²) in [6, 6.07) is 6.00. The number of carbonyl (C=O) groups excluding carboxylic acids is 1. The molecular weight excluding hydrogens is 378 g/mol. The van der Waals surface area contributed by atoms with E-state index in [9.17, 15) is 4.79 Å². The number of methoxy groups -OCH3 is 2. The first-order chi connectivity index (χ1) is 14.4. The van der Waals surface area contributed by atoms with Crippen LogP contribution in [0.1, 0.15) is 44.6 Å². The summed E-state index contributed by atoms with van der Waals surface area (Å²) in [7, 11) is 3.29. The third-order valence-electron chi connectivity index (χ3n) is 7.72. The largest absolute Gasteiger partial charge is 0.493 e. The monoisotopic (exact) mass is 413 g/mol. The molecule has 3 aliphatic rings. The van der Waals surface area contributed by atoms with Crippen LogP contribution in [-0.2, 0) is 16.0 Å². The fourth-order valence-corrected chi connectivity index (χ4v) is 6.02. The predicted molar refractivity (Wildman–Crippen MR) is 117 cm³/mol. The van der Waals surface area contributed by atoms with Gasteiger partial charge in [-0.05, 0) is 74.1 Å². The molecule has 3 fully saturated rings. The highest BCUT2D eigenvalue weighted by molar-refractivity contribution is 5.75. The van der Waals surface area contributed by atoms with Crippen molar-refractivity contribution in [3.05, 3.63) is 35.9 Å². The molecule has 1 aromatic carbocycles. The molecule has 0 unspecified atom stereocenters. The van der Waals surface area contributed by atoms with Crippen molar-refractivity contribution >= 4 is 5.97 Å². The van der Waals surface area contributed by atoms with Gasteiger partial charge in [-0.25, -0.2) is 0 Å². The summed E-state index contributed by atoms with van der Waals surface area (Å²) in [6.45, 7) is 8.25. The number of carbonyl (C=O) groups is 1. The van der Waals surface area contributed by atoms with Gasteiger partial charge in [-0.3, -0.25) is 4.79 Å². The molecule has 0 radical (unpaired) electrons. The Bertz CT molecular complexity index is 806. The molecule has 1 N–H and O–H groups in total. The van der Waals surface area contributed by atoms with Crippen LogP contribution < -0.4 is 14.8 Å². The van der Waals surface area contributed by atoms with Crippen LogP contribution in [0.3, 0.4) is 0 Å². The smallest absolute Gasteiger partial charge is 0.310 e. The first-order valence-corrected chi connectivity index (χ1v) is 11.2. The number of hydrogen-bond donors (Lipinski definition) is 1. The third-order valence-corrected chi connectivity index (χ3v) is 7.72. The van der Waals surface area contributed by atoms with Crippen LogP contribution in [0, 0.1) is 23.2 Å². The Hall–Kier alpha value is -2.01. The maximum atomic E-state index is 12.6. The second-order valence-corrected chi connectivity index (χ2v) is 9.55. The average Bonchev–Trinajstić information content (AvgIpc) is 3.03. The van der Waals surface area contributed by atoms with Crippen LogP contribution in [0.5, 0.6) is 11.5 Å². The number of ether oxygens (including phenoxy) is 3. The van der Waals surface area contributed by atoms with Gasteiger partial charge in [-0.2, -0.15) is 0 Å². The quantitative estimate of drug-likeness (QED) is 0.413. The van der Waals surface area contributed by atoms with Crippen molar-refractivity contribution in [2.75, 3.05) is 27.3 Å². The number of allylic oxidation sites excluding steroid dienone is 1. The molecule has 0 spiro atoms. The second-order valence-electron chi connectivity index (χ2n) is 9.55. The van der Waals surface area contributed by atoms with E-state index in [1.165, 1.54) is 24.0 Å². The standard InChI is InChI=1S/C25H35NO4/c1-16-6-5-10-25(2)14-23-18(13-20(16)25)19(24(27)30-23)15-26-11-9-17-7-8-21(28-3)22(12-17)29-4/h7-8,12,18-20,23,26H,1,5-6,9-11,13-15H2,2-4H3/t18-,19+,20-,23-,25-/m1/s1. The summed E-state index contributed by atoms with van der Waals surface area (Å²) >= 11 is 0. The number of rotatable bonds is 7. The van der Waals surface area contributed by atoms with E-state index in [4.69, 9.17) is 14.2 Å². The number of esters is 1. The van der Waals surface area contributed by atoms with E-state index in [1.54, 1.807) is 14.2 Å². The number of nitrogens with one attached hydrogen (secondary N) is 1. The van der Waals surface area contributed by atoms with Crippen molar-refractivity contribution in [3.8, 4) is 11.5 Å². The lowest BCUT2D eigenvalue weighted by atomic mass is 9.55. The van der Waals surface area contributed by atoms with E-state index in [1.807, 2.05) is 12.1 Å². The van der Waals surface area contributed by atoms with Gasteiger partial charge in [0.1, 0.15) is 6.10 Å². The van der Waals surface area contributed by atoms with E-state index in [0.29, 0.717) is 18.4 Å². The van der Waals surface area contributed by atoms with Gasteiger partial charge in [-0.1, -0.05) is 25.1 Å². The molecular formula is C25H35NO4. The van der Waals surface area contributed by atoms with Crippen LogP contribution in [0.25, 0.3) is 0 Å². The van der Waals surface area contributed by atoms with E-state index in [-0.39, 0.29) is 23.4 Å². The van der Waals surface area contributed by atoms with Gasteiger partial charge in [-0.15, -0.1) is 0 Å². The van der Waals surface area contributed by atoms with Gasteiger partial charge >= 0.3 is 5.97 Å². The van der Waals surface area contributed by atoms with Crippen LogP contribution in [0.15, 0.2) is 30.4 Å². The molecule has 4 rings (SSSR count). The molecule has 1 aromatic rings. The lowest BCUT2D eigenvalue weighted by Crippen LogP contribution is -2.45. The Morgan fingerprint density at radius 2 is 2.07 bits per heavy atom. The normalized spacial score (nSPS) is 32.9. The summed E-state index contributed by atoms with van der Waals surface area (Å²) in [4.78, 5) is 12.6. The zero-order valence-corrected chi connectivity index (χ0v) is 18.5. The minimum absolute atomic E-state index is 0.0172. The molecule has 5 atom stereocenters. The Balaban J connectivity index is 1.33. The summed E-state index contributed by atoms with van der Waals surface area (Å²) in [5.41, 5.74) is 2.83. The average molecular weight is 414 g/mol. The predicted octanol–water partition coefficient (Wildman–Crippen LogP) is 4.15. The molecule has 1 aliphatic heterocycles. The zero-order valence-electron chi connectivity index (χ0n) is 18.5. The van der Waals surface area contributed by atoms with E-state index < -0.39 is 0 Å². The summed E-state index contributed by atoms with van der Waals surface area (Å²) in [5, 5.41) is 3.50. The molecule has 2 saturated carbocycles. The highest BCUT2D eigenvalue weighted by Gasteiger charge is 2.54. The van der Waals surface area contributed by atoms with Crippen molar-refractivity contribution in [1.29, 1.82) is 0 Å². The molecule has 0 bridgehead atoms. The molecule has 5 heteroatoms. The molecule has 164 valence electrons. The highest BCUT2D eigenvalue weighted by Crippen LogP contribution is 2.56. The molecule has 0 aromatic heterocycles. The Morgan fingerprint density at radius 3 is 2.83 bits per heavy atom. The molecule has 1 heterocycles. The Morgan fingerprint density at radius 1 is 1.27 bits per heavy atom. The van der Waals surface area contributed by atoms with Crippen LogP contribution in [0.4, 0.5) is 0 Å². The maximum absolute atomic E-state index is 12.6. The fraction of sp³-hybridized carbons (Fsp3) is 0.640. The van der Waals surface area contributed by atoms with Gasteiger partial charge in [0.05, 0.1) is 20.1 Å². The van der Waals surface area contributed by atoms with Crippen LogP contribution >= 0.6 is 0 Å². The highest BCUT2D eigenvalue weighted by atomic mass is 16.6. The van der Waals surface area contributed by atoms with Gasteiger partial charge in [0.2, 0.25) is 0 Å². The second kappa shape index (κ2) is 8.62. The minimum Gasteiger partial charge on any atom is -0.493 e. The zero-order chi connectivity index (χ0) is 21.3. The van der Waals surface area contributed by atoms with E-state index in [0.717, 1.165) is 43.7 Å². The van der Waals surface area contributed by atoms with Crippen LogP contribution in [0.2, 0.25) is 0 Å². The minimum atomic E-state index is -0.0420. The van der Waals surface area contributed by atoms with Crippen LogP contribution in [-0.4, -0.2) is 39.4 Å². The van der Waals surface area contributed by atoms with Gasteiger partial charge < -0.3 is 19.5 Å². The summed E-state index contributed by atoms with van der Waals surface area (Å²) in [5.74, 6) is 2.28. The number of hydrogen-bond acceptors (Lipinski definition) is 5. The Kier molecular flexibility index (Phi) is 6.10. The fourth-order valence-electron chi connectivity index (χ4n) is 6.02. The summed E-state index contributed by atoms with van der Waals surface area (Å²) < 4.78 is 16.5. The van der Waals surface area contributed by atoms with Gasteiger partial charge in [0.25, 0.3) is 0 Å². The lowest BCUT2D eigenvalue weighted by molar-refractivity contribution is -0.146.